The number of aryl methyl sites for hydroxylation is 2. The second kappa shape index (κ2) is 13.2. The summed E-state index contributed by atoms with van der Waals surface area (Å²) in [5.74, 6) is -0.267. The molecular formula is C35H34N6O2S. The number of aromatic nitrogens is 4. The van der Waals surface area contributed by atoms with Gasteiger partial charge in [0.05, 0.1) is 33.7 Å². The van der Waals surface area contributed by atoms with Gasteiger partial charge in [-0.25, -0.2) is 9.67 Å². The fraction of sp³-hybridized carbons (Fsp3) is 0.229. The maximum atomic E-state index is 14.5. The summed E-state index contributed by atoms with van der Waals surface area (Å²) in [5.41, 5.74) is 6.09. The van der Waals surface area contributed by atoms with Crippen LogP contribution in [0.1, 0.15) is 37.8 Å². The number of amides is 2. The zero-order valence-corrected chi connectivity index (χ0v) is 25.7. The van der Waals surface area contributed by atoms with Crippen molar-refractivity contribution >= 4 is 29.2 Å². The number of rotatable bonds is 9. The molecule has 5 aromatic rings. The van der Waals surface area contributed by atoms with Crippen LogP contribution in [-0.2, 0) is 35.5 Å². The van der Waals surface area contributed by atoms with E-state index in [1.807, 2.05) is 91.6 Å². The molecule has 0 aliphatic carbocycles. The van der Waals surface area contributed by atoms with E-state index >= 15 is 0 Å². The van der Waals surface area contributed by atoms with Crippen molar-refractivity contribution in [1.82, 2.24) is 29.8 Å². The number of fused-ring (bicyclic) bond motifs is 1. The van der Waals surface area contributed by atoms with Gasteiger partial charge in [0.2, 0.25) is 11.8 Å². The quantitative estimate of drug-likeness (QED) is 0.206. The molecule has 8 nitrogen and oxygen atoms in total. The predicted molar refractivity (Wildman–Crippen MR) is 172 cm³/mol. The van der Waals surface area contributed by atoms with Crippen LogP contribution in [0, 0.1) is 13.8 Å². The maximum absolute atomic E-state index is 14.5. The topological polar surface area (TPSA) is 84.2 Å². The third-order valence-corrected chi connectivity index (χ3v) is 8.99. The van der Waals surface area contributed by atoms with Gasteiger partial charge in [-0.05, 0) is 60.7 Å². The van der Waals surface area contributed by atoms with Gasteiger partial charge in [0.15, 0.2) is 0 Å². The molecule has 1 aliphatic heterocycles. The van der Waals surface area contributed by atoms with Crippen LogP contribution in [0.3, 0.4) is 0 Å². The Balaban J connectivity index is 1.35. The fourth-order valence-electron chi connectivity index (χ4n) is 5.65. The minimum Gasteiger partial charge on any atom is -0.336 e. The minimum atomic E-state index is -0.695. The Labute approximate surface area is 261 Å². The zero-order chi connectivity index (χ0) is 30.5. The molecule has 0 bridgehead atoms. The van der Waals surface area contributed by atoms with E-state index in [1.54, 1.807) is 39.4 Å². The highest BCUT2D eigenvalue weighted by Crippen LogP contribution is 2.24. The van der Waals surface area contributed by atoms with E-state index in [1.165, 1.54) is 5.56 Å². The molecule has 2 aromatic heterocycles. The first-order chi connectivity index (χ1) is 21.4. The number of benzene rings is 3. The van der Waals surface area contributed by atoms with Crippen LogP contribution in [0.4, 0.5) is 0 Å². The van der Waals surface area contributed by atoms with E-state index in [0.717, 1.165) is 44.4 Å². The SMILES string of the molecule is Cc1nc(C)c(C=CC(=O)N(Cc2ccc(-n3ccnn3)cc2)C(Cc2ccccc2)C(=O)N2CCc3ccccc3C2)s1. The highest BCUT2D eigenvalue weighted by Gasteiger charge is 2.34. The molecule has 0 radical (unpaired) electrons. The lowest BCUT2D eigenvalue weighted by Gasteiger charge is -2.37. The molecule has 1 unspecified atom stereocenters. The molecule has 3 heterocycles. The molecule has 0 N–H and O–H groups in total. The van der Waals surface area contributed by atoms with Gasteiger partial charge in [0, 0.05) is 32.1 Å². The van der Waals surface area contributed by atoms with E-state index in [9.17, 15) is 9.59 Å². The highest BCUT2D eigenvalue weighted by molar-refractivity contribution is 7.12. The van der Waals surface area contributed by atoms with Crippen molar-refractivity contribution in [3.05, 3.63) is 135 Å². The van der Waals surface area contributed by atoms with Crippen molar-refractivity contribution in [2.45, 2.75) is 45.8 Å². The van der Waals surface area contributed by atoms with Crippen molar-refractivity contribution < 1.29 is 9.59 Å². The Bertz CT molecular complexity index is 1760. The molecule has 0 fully saturated rings. The largest absolute Gasteiger partial charge is 0.336 e. The lowest BCUT2D eigenvalue weighted by atomic mass is 9.97. The summed E-state index contributed by atoms with van der Waals surface area (Å²) >= 11 is 1.55. The number of hydrogen-bond acceptors (Lipinski definition) is 6. The molecule has 1 atom stereocenters. The second-order valence-electron chi connectivity index (χ2n) is 11.0. The fourth-order valence-corrected chi connectivity index (χ4v) is 6.48. The number of hydrogen-bond donors (Lipinski definition) is 0. The Kier molecular flexibility index (Phi) is 8.74. The van der Waals surface area contributed by atoms with E-state index in [0.29, 0.717) is 19.5 Å². The van der Waals surface area contributed by atoms with Gasteiger partial charge in [-0.15, -0.1) is 16.4 Å². The summed E-state index contributed by atoms with van der Waals surface area (Å²) in [7, 11) is 0. The normalized spacial score (nSPS) is 13.5. The Morgan fingerprint density at radius 1 is 0.955 bits per heavy atom. The van der Waals surface area contributed by atoms with Gasteiger partial charge in [-0.2, -0.15) is 0 Å². The Hall–Kier alpha value is -4.89. The van der Waals surface area contributed by atoms with E-state index in [4.69, 9.17) is 0 Å². The molecule has 6 rings (SSSR count). The van der Waals surface area contributed by atoms with Crippen LogP contribution in [0.5, 0.6) is 0 Å². The lowest BCUT2D eigenvalue weighted by molar-refractivity contribution is -0.144. The van der Waals surface area contributed by atoms with Crippen molar-refractivity contribution in [2.24, 2.45) is 0 Å². The van der Waals surface area contributed by atoms with Crippen LogP contribution in [0.15, 0.2) is 97.3 Å². The van der Waals surface area contributed by atoms with E-state index in [2.05, 4.69) is 27.4 Å². The number of carbonyl (C=O) groups is 2. The van der Waals surface area contributed by atoms with Crippen molar-refractivity contribution in [1.29, 1.82) is 0 Å². The van der Waals surface area contributed by atoms with Crippen LogP contribution >= 0.6 is 11.3 Å². The highest BCUT2D eigenvalue weighted by atomic mass is 32.1. The first kappa shape index (κ1) is 29.2. The Morgan fingerprint density at radius 2 is 1.70 bits per heavy atom. The monoisotopic (exact) mass is 602 g/mol. The van der Waals surface area contributed by atoms with Gasteiger partial charge < -0.3 is 9.80 Å². The zero-order valence-electron chi connectivity index (χ0n) is 24.8. The Morgan fingerprint density at radius 3 is 2.41 bits per heavy atom. The minimum absolute atomic E-state index is 0.0471. The molecule has 3 aromatic carbocycles. The second-order valence-corrected chi connectivity index (χ2v) is 12.2. The molecular weight excluding hydrogens is 568 g/mol. The summed E-state index contributed by atoms with van der Waals surface area (Å²) < 4.78 is 1.69. The molecule has 9 heteroatoms. The van der Waals surface area contributed by atoms with Crippen LogP contribution in [-0.4, -0.2) is 54.2 Å². The third kappa shape index (κ3) is 6.68. The first-order valence-corrected chi connectivity index (χ1v) is 15.5. The van der Waals surface area contributed by atoms with E-state index < -0.39 is 6.04 Å². The van der Waals surface area contributed by atoms with Gasteiger partial charge in [0.1, 0.15) is 6.04 Å². The van der Waals surface area contributed by atoms with Crippen molar-refractivity contribution in [2.75, 3.05) is 6.54 Å². The third-order valence-electron chi connectivity index (χ3n) is 7.95. The van der Waals surface area contributed by atoms with Crippen molar-refractivity contribution in [3.63, 3.8) is 0 Å². The number of thiazole rings is 1. The number of carbonyl (C=O) groups excluding carboxylic acids is 2. The van der Waals surface area contributed by atoms with Crippen LogP contribution in [0.25, 0.3) is 11.8 Å². The maximum Gasteiger partial charge on any atom is 0.247 e. The predicted octanol–water partition coefficient (Wildman–Crippen LogP) is 5.58. The van der Waals surface area contributed by atoms with Crippen molar-refractivity contribution in [3.8, 4) is 5.69 Å². The number of nitrogens with zero attached hydrogens (tertiary/aromatic N) is 6. The lowest BCUT2D eigenvalue weighted by Crippen LogP contribution is -2.52. The standard InChI is InChI=1S/C35H34N6O2S/c1-25-33(44-26(2)37-25)16-17-34(42)40(23-28-12-14-31(15-13-28)41-21-19-36-38-41)32(22-27-8-4-3-5-9-27)35(43)39-20-18-29-10-6-7-11-30(29)24-39/h3-17,19,21,32H,18,20,22-24H2,1-2H3. The average molecular weight is 603 g/mol. The summed E-state index contributed by atoms with van der Waals surface area (Å²) in [6.45, 7) is 5.32. The molecule has 0 saturated carbocycles. The van der Waals surface area contributed by atoms with Gasteiger partial charge >= 0.3 is 0 Å². The van der Waals surface area contributed by atoms with Gasteiger partial charge in [0.25, 0.3) is 0 Å². The van der Waals surface area contributed by atoms with E-state index in [-0.39, 0.29) is 18.4 Å². The van der Waals surface area contributed by atoms with Crippen LogP contribution in [0.2, 0.25) is 0 Å². The summed E-state index contributed by atoms with van der Waals surface area (Å²) in [4.78, 5) is 37.7. The average Bonchev–Trinajstić information content (AvgIpc) is 3.71. The van der Waals surface area contributed by atoms with Gasteiger partial charge in [-0.3, -0.25) is 9.59 Å². The summed E-state index contributed by atoms with van der Waals surface area (Å²) in [6, 6.07) is 25.3. The molecule has 1 aliphatic rings. The van der Waals surface area contributed by atoms with Crippen LogP contribution < -0.4 is 0 Å². The summed E-state index contributed by atoms with van der Waals surface area (Å²) in [6.07, 6.45) is 8.02. The molecule has 0 spiro atoms. The molecule has 2 amide bonds. The first-order valence-electron chi connectivity index (χ1n) is 14.7. The smallest absolute Gasteiger partial charge is 0.247 e. The molecule has 222 valence electrons. The summed E-state index contributed by atoms with van der Waals surface area (Å²) in [5, 5.41) is 8.91. The van der Waals surface area contributed by atoms with Gasteiger partial charge in [-0.1, -0.05) is 71.9 Å². The molecule has 0 saturated heterocycles. The molecule has 44 heavy (non-hydrogen) atoms.